The average Bonchev–Trinajstić information content (AvgIpc) is 2.74. The number of nitrogens with zero attached hydrogens (tertiary/aromatic N) is 2. The molecule has 0 aliphatic carbocycles. The van der Waals surface area contributed by atoms with Gasteiger partial charge in [0.05, 0.1) is 5.69 Å². The second-order valence-electron chi connectivity index (χ2n) is 4.14. The Labute approximate surface area is 108 Å². The molecule has 1 rings (SSSR count). The first-order valence-corrected chi connectivity index (χ1v) is 7.47. The average molecular weight is 261 g/mol. The van der Waals surface area contributed by atoms with Crippen LogP contribution in [0, 0.1) is 0 Å². The van der Waals surface area contributed by atoms with Gasteiger partial charge < -0.3 is 0 Å². The fourth-order valence-corrected chi connectivity index (χ4v) is 2.70. The van der Waals surface area contributed by atoms with Crippen LogP contribution in [0.25, 0.3) is 0 Å². The molecule has 0 saturated heterocycles. The predicted octanol–water partition coefficient (Wildman–Crippen LogP) is 4.10. The molecule has 16 heavy (non-hydrogen) atoms. The fourth-order valence-electron chi connectivity index (χ4n) is 1.35. The minimum atomic E-state index is 0.499. The molecular formula is C12H21ClN2S. The van der Waals surface area contributed by atoms with Crippen LogP contribution in [0.5, 0.6) is 0 Å². The molecular weight excluding hydrogens is 240 g/mol. The van der Waals surface area contributed by atoms with Crippen molar-refractivity contribution in [1.82, 2.24) is 9.78 Å². The summed E-state index contributed by atoms with van der Waals surface area (Å²) in [4.78, 5) is 0. The number of thioether (sulfide) groups is 1. The van der Waals surface area contributed by atoms with Crippen LogP contribution in [-0.2, 0) is 5.75 Å². The van der Waals surface area contributed by atoms with Crippen molar-refractivity contribution in [2.45, 2.75) is 50.7 Å². The minimum absolute atomic E-state index is 0.499. The summed E-state index contributed by atoms with van der Waals surface area (Å²) in [6.45, 7) is 6.60. The molecule has 0 spiro atoms. The summed E-state index contributed by atoms with van der Waals surface area (Å²) >= 11 is 7.64. The number of halogens is 1. The van der Waals surface area contributed by atoms with Gasteiger partial charge in [0, 0.05) is 29.1 Å². The Morgan fingerprint density at radius 2 is 2.25 bits per heavy atom. The Balaban J connectivity index is 2.40. The van der Waals surface area contributed by atoms with Crippen molar-refractivity contribution in [3.05, 3.63) is 18.0 Å². The molecule has 2 atom stereocenters. The Morgan fingerprint density at radius 1 is 1.50 bits per heavy atom. The monoisotopic (exact) mass is 260 g/mol. The van der Waals surface area contributed by atoms with E-state index in [1.54, 1.807) is 0 Å². The summed E-state index contributed by atoms with van der Waals surface area (Å²) in [6.07, 6.45) is 4.27. The van der Waals surface area contributed by atoms with Gasteiger partial charge in [-0.25, -0.2) is 0 Å². The summed E-state index contributed by atoms with van der Waals surface area (Å²) in [6, 6.07) is 2.62. The van der Waals surface area contributed by atoms with Gasteiger partial charge >= 0.3 is 0 Å². The molecule has 0 fully saturated rings. The largest absolute Gasteiger partial charge is 0.270 e. The molecule has 1 heterocycles. The summed E-state index contributed by atoms with van der Waals surface area (Å²) in [5, 5.41) is 5.19. The minimum Gasteiger partial charge on any atom is -0.270 e. The van der Waals surface area contributed by atoms with E-state index in [0.717, 1.165) is 24.5 Å². The molecule has 0 amide bonds. The lowest BCUT2D eigenvalue weighted by molar-refractivity contribution is 0.475. The first-order valence-electron chi connectivity index (χ1n) is 5.89. The van der Waals surface area contributed by atoms with Gasteiger partial charge in [-0.15, -0.1) is 11.6 Å². The van der Waals surface area contributed by atoms with Crippen molar-refractivity contribution in [2.75, 3.05) is 5.88 Å². The highest BCUT2D eigenvalue weighted by atomic mass is 35.5. The summed E-state index contributed by atoms with van der Waals surface area (Å²) < 4.78 is 2.06. The Kier molecular flexibility index (Phi) is 6.29. The van der Waals surface area contributed by atoms with Crippen LogP contribution in [0.4, 0.5) is 0 Å². The summed E-state index contributed by atoms with van der Waals surface area (Å²) in [5.74, 6) is 1.73. The zero-order valence-electron chi connectivity index (χ0n) is 10.3. The molecule has 1 aromatic heterocycles. The third kappa shape index (κ3) is 4.38. The highest BCUT2D eigenvalue weighted by Gasteiger charge is 2.07. The smallest absolute Gasteiger partial charge is 0.0723 e. The van der Waals surface area contributed by atoms with E-state index in [1.807, 2.05) is 11.8 Å². The molecule has 1 aromatic rings. The van der Waals surface area contributed by atoms with Crippen LogP contribution in [0.1, 0.15) is 45.3 Å². The maximum atomic E-state index is 5.71. The van der Waals surface area contributed by atoms with Gasteiger partial charge in [-0.2, -0.15) is 16.9 Å². The van der Waals surface area contributed by atoms with E-state index in [1.165, 1.54) is 5.69 Å². The molecule has 4 heteroatoms. The fraction of sp³-hybridized carbons (Fsp3) is 0.750. The van der Waals surface area contributed by atoms with Crippen molar-refractivity contribution < 1.29 is 0 Å². The lowest BCUT2D eigenvalue weighted by Gasteiger charge is -2.09. The Bertz CT molecular complexity index is 301. The van der Waals surface area contributed by atoms with Gasteiger partial charge in [-0.05, 0) is 25.8 Å². The van der Waals surface area contributed by atoms with E-state index < -0.39 is 0 Å². The molecule has 0 aromatic carbocycles. The van der Waals surface area contributed by atoms with Gasteiger partial charge in [0.1, 0.15) is 0 Å². The Morgan fingerprint density at radius 3 is 2.88 bits per heavy atom. The molecule has 2 unspecified atom stereocenters. The SMILES string of the molecule is CCC(C)n1ccc(CSC(C)CCCl)n1. The summed E-state index contributed by atoms with van der Waals surface area (Å²) in [5.41, 5.74) is 1.17. The van der Waals surface area contributed by atoms with Crippen molar-refractivity contribution in [2.24, 2.45) is 0 Å². The van der Waals surface area contributed by atoms with E-state index in [-0.39, 0.29) is 0 Å². The van der Waals surface area contributed by atoms with E-state index in [4.69, 9.17) is 11.6 Å². The number of hydrogen-bond acceptors (Lipinski definition) is 2. The van der Waals surface area contributed by atoms with Crippen LogP contribution < -0.4 is 0 Å². The lowest BCUT2D eigenvalue weighted by atomic mass is 10.3. The number of hydrogen-bond donors (Lipinski definition) is 0. The van der Waals surface area contributed by atoms with Gasteiger partial charge in [-0.3, -0.25) is 4.68 Å². The van der Waals surface area contributed by atoms with Crippen molar-refractivity contribution in [1.29, 1.82) is 0 Å². The number of alkyl halides is 1. The van der Waals surface area contributed by atoms with Crippen LogP contribution in [0.2, 0.25) is 0 Å². The zero-order chi connectivity index (χ0) is 12.0. The lowest BCUT2D eigenvalue weighted by Crippen LogP contribution is -2.05. The third-order valence-electron chi connectivity index (χ3n) is 2.74. The van der Waals surface area contributed by atoms with Crippen molar-refractivity contribution in [3.8, 4) is 0 Å². The number of rotatable bonds is 7. The molecule has 92 valence electrons. The molecule has 0 N–H and O–H groups in total. The first-order chi connectivity index (χ1) is 7.67. The maximum Gasteiger partial charge on any atom is 0.0723 e. The van der Waals surface area contributed by atoms with Crippen LogP contribution >= 0.6 is 23.4 Å². The van der Waals surface area contributed by atoms with E-state index in [2.05, 4.69) is 42.8 Å². The molecule has 0 radical (unpaired) electrons. The van der Waals surface area contributed by atoms with Gasteiger partial charge in [0.15, 0.2) is 0 Å². The van der Waals surface area contributed by atoms with Crippen molar-refractivity contribution in [3.63, 3.8) is 0 Å². The number of aromatic nitrogens is 2. The molecule has 0 bridgehead atoms. The molecule has 2 nitrogen and oxygen atoms in total. The molecule has 0 aliphatic rings. The maximum absolute atomic E-state index is 5.71. The third-order valence-corrected chi connectivity index (χ3v) is 4.22. The Hall–Kier alpha value is -0.150. The quantitative estimate of drug-likeness (QED) is 0.687. The van der Waals surface area contributed by atoms with E-state index >= 15 is 0 Å². The zero-order valence-corrected chi connectivity index (χ0v) is 11.9. The second kappa shape index (κ2) is 7.23. The normalized spacial score (nSPS) is 15.0. The topological polar surface area (TPSA) is 17.8 Å². The standard InChI is InChI=1S/C12H21ClN2S/c1-4-10(2)15-8-6-12(14-15)9-16-11(3)5-7-13/h6,8,10-11H,4-5,7,9H2,1-3H3. The highest BCUT2D eigenvalue weighted by Crippen LogP contribution is 2.20. The van der Waals surface area contributed by atoms with Crippen molar-refractivity contribution >= 4 is 23.4 Å². The van der Waals surface area contributed by atoms with Gasteiger partial charge in [0.2, 0.25) is 0 Å². The van der Waals surface area contributed by atoms with Crippen LogP contribution in [-0.4, -0.2) is 20.9 Å². The van der Waals surface area contributed by atoms with Gasteiger partial charge in [0.25, 0.3) is 0 Å². The van der Waals surface area contributed by atoms with Crippen LogP contribution in [0.15, 0.2) is 12.3 Å². The second-order valence-corrected chi connectivity index (χ2v) is 5.95. The molecule has 0 aliphatic heterocycles. The predicted molar refractivity (Wildman–Crippen MR) is 73.3 cm³/mol. The molecule has 0 saturated carbocycles. The van der Waals surface area contributed by atoms with E-state index in [9.17, 15) is 0 Å². The van der Waals surface area contributed by atoms with Crippen LogP contribution in [0.3, 0.4) is 0 Å². The first kappa shape index (κ1) is 13.9. The summed E-state index contributed by atoms with van der Waals surface area (Å²) in [7, 11) is 0. The van der Waals surface area contributed by atoms with E-state index in [0.29, 0.717) is 11.3 Å². The van der Waals surface area contributed by atoms with Gasteiger partial charge in [-0.1, -0.05) is 13.8 Å². The highest BCUT2D eigenvalue weighted by molar-refractivity contribution is 7.99.